The van der Waals surface area contributed by atoms with Crippen LogP contribution in [-0.4, -0.2) is 27.7 Å². The van der Waals surface area contributed by atoms with Crippen LogP contribution in [0.3, 0.4) is 0 Å². The van der Waals surface area contributed by atoms with Crippen LogP contribution in [-0.2, 0) is 29.7 Å². The number of hydrogen-bond donors (Lipinski definition) is 2. The molecule has 0 fully saturated rings. The number of carbonyl (C=O) groups is 2. The lowest BCUT2D eigenvalue weighted by atomic mass is 10.1. The van der Waals surface area contributed by atoms with Crippen LogP contribution in [0.15, 0.2) is 84.1 Å². The van der Waals surface area contributed by atoms with Crippen molar-refractivity contribution in [3.63, 3.8) is 0 Å². The van der Waals surface area contributed by atoms with Gasteiger partial charge in [-0.25, -0.2) is 19.6 Å². The van der Waals surface area contributed by atoms with E-state index in [1.54, 1.807) is 12.4 Å². The predicted molar refractivity (Wildman–Crippen MR) is 153 cm³/mol. The van der Waals surface area contributed by atoms with E-state index in [4.69, 9.17) is 9.47 Å². The summed E-state index contributed by atoms with van der Waals surface area (Å²) in [6, 6.07) is 22.2. The van der Waals surface area contributed by atoms with Crippen molar-refractivity contribution in [3.05, 3.63) is 95.8 Å². The summed E-state index contributed by atoms with van der Waals surface area (Å²) >= 11 is 0. The van der Waals surface area contributed by atoms with Gasteiger partial charge in [0.2, 0.25) is 5.96 Å². The number of rotatable bonds is 5. The third kappa shape index (κ3) is 8.16. The number of aliphatic imine (C=N–C) groups is 1. The van der Waals surface area contributed by atoms with Gasteiger partial charge in [-0.05, 0) is 30.2 Å². The number of aryl methyl sites for hydroxylation is 2. The minimum Gasteiger partial charge on any atom is -0.444 e. The highest BCUT2D eigenvalue weighted by atomic mass is 79.9. The average molecular weight is 633 g/mol. The fraction of sp³-hybridized carbons (Fsp3) is 0.154. The van der Waals surface area contributed by atoms with Gasteiger partial charge in [0.1, 0.15) is 13.2 Å². The quantitative estimate of drug-likeness (QED) is 0.211. The van der Waals surface area contributed by atoms with Gasteiger partial charge in [0, 0.05) is 12.6 Å². The van der Waals surface area contributed by atoms with Crippen molar-refractivity contribution >= 4 is 68.8 Å². The van der Waals surface area contributed by atoms with Crippen molar-refractivity contribution < 1.29 is 19.1 Å². The maximum Gasteiger partial charge on any atom is 0.414 e. The molecule has 0 saturated heterocycles. The number of ether oxygens (including phenoxy) is 2. The number of halogens is 2. The van der Waals surface area contributed by atoms with Crippen molar-refractivity contribution in [2.45, 2.75) is 20.1 Å². The lowest BCUT2D eigenvalue weighted by Crippen LogP contribution is -2.44. The molecule has 0 bridgehead atoms. The minimum atomic E-state index is -0.771. The van der Waals surface area contributed by atoms with E-state index in [0.29, 0.717) is 5.69 Å². The van der Waals surface area contributed by atoms with Gasteiger partial charge in [0.15, 0.2) is 0 Å². The molecule has 0 aliphatic carbocycles. The number of hydrogen-bond acceptors (Lipinski definition) is 6. The van der Waals surface area contributed by atoms with Crippen molar-refractivity contribution in [2.24, 2.45) is 12.0 Å². The van der Waals surface area contributed by atoms with E-state index in [1.165, 1.54) is 0 Å². The summed E-state index contributed by atoms with van der Waals surface area (Å²) < 4.78 is 12.4. The Kier molecular flexibility index (Phi) is 11.3. The summed E-state index contributed by atoms with van der Waals surface area (Å²) in [7, 11) is 1.90. The van der Waals surface area contributed by atoms with Crippen molar-refractivity contribution in [1.82, 2.24) is 20.2 Å². The Labute approximate surface area is 235 Å². The van der Waals surface area contributed by atoms with Gasteiger partial charge in [-0.3, -0.25) is 10.6 Å². The van der Waals surface area contributed by atoms with Gasteiger partial charge in [-0.15, -0.1) is 34.0 Å². The normalized spacial score (nSPS) is 9.89. The number of fused-ring (bicyclic) bond motifs is 1. The Morgan fingerprint density at radius 1 is 0.838 bits per heavy atom. The van der Waals surface area contributed by atoms with Gasteiger partial charge in [0.05, 0.1) is 23.0 Å². The van der Waals surface area contributed by atoms with Crippen LogP contribution in [0.1, 0.15) is 16.7 Å². The summed E-state index contributed by atoms with van der Waals surface area (Å²) in [4.78, 5) is 33.8. The topological polar surface area (TPSA) is 107 Å². The highest BCUT2D eigenvalue weighted by molar-refractivity contribution is 8.93. The number of guanidine groups is 1. The molecular formula is C26H27Br2N5O4. The van der Waals surface area contributed by atoms with E-state index in [-0.39, 0.29) is 53.1 Å². The highest BCUT2D eigenvalue weighted by Gasteiger charge is 2.15. The van der Waals surface area contributed by atoms with E-state index >= 15 is 0 Å². The van der Waals surface area contributed by atoms with Gasteiger partial charge < -0.3 is 14.0 Å². The van der Waals surface area contributed by atoms with Crippen molar-refractivity contribution in [2.75, 3.05) is 0 Å². The molecule has 0 radical (unpaired) electrons. The second kappa shape index (κ2) is 14.1. The Morgan fingerprint density at radius 3 is 1.86 bits per heavy atom. The van der Waals surface area contributed by atoms with E-state index in [1.807, 2.05) is 85.3 Å². The summed E-state index contributed by atoms with van der Waals surface area (Å²) in [6.45, 7) is 2.00. The van der Waals surface area contributed by atoms with Gasteiger partial charge >= 0.3 is 12.2 Å². The molecule has 0 aliphatic heterocycles. The zero-order valence-corrected chi connectivity index (χ0v) is 23.6. The van der Waals surface area contributed by atoms with E-state index in [0.717, 1.165) is 27.7 Å². The molecule has 1 heterocycles. The molecule has 1 aromatic heterocycles. The molecule has 4 rings (SSSR count). The molecule has 0 atom stereocenters. The Balaban J connectivity index is 0.00000241. The Bertz CT molecular complexity index is 1300. The SMILES string of the molecule is Br.Br.Cc1c(N=C(NC(=O)OCc2ccccc2)NC(=O)OCc2ccccc2)ccc2c1ncn2C. The number of alkyl carbamates (subject to hydrolysis) is 2. The zero-order chi connectivity index (χ0) is 24.6. The summed E-state index contributed by atoms with van der Waals surface area (Å²) in [6.07, 6.45) is 0.171. The predicted octanol–water partition coefficient (Wildman–Crippen LogP) is 5.88. The molecule has 4 aromatic rings. The fourth-order valence-corrected chi connectivity index (χ4v) is 3.37. The van der Waals surface area contributed by atoms with E-state index in [9.17, 15) is 9.59 Å². The van der Waals surface area contributed by atoms with E-state index in [2.05, 4.69) is 20.6 Å². The first kappa shape index (κ1) is 29.5. The van der Waals surface area contributed by atoms with Crippen LogP contribution >= 0.6 is 34.0 Å². The standard InChI is InChI=1S/C26H25N5O4.2BrH/c1-18-21(13-14-22-23(18)27-17-31(22)2)28-24(29-25(32)34-15-19-9-5-3-6-10-19)30-26(33)35-16-20-11-7-4-8-12-20;;/h3-14,17H,15-16H2,1-2H3,(H2,28,29,30,32,33);2*1H. The summed E-state index contributed by atoms with van der Waals surface area (Å²) in [5.74, 6) is -0.125. The number of nitrogens with one attached hydrogen (secondary N) is 2. The van der Waals surface area contributed by atoms with Crippen molar-refractivity contribution in [3.8, 4) is 0 Å². The lowest BCUT2D eigenvalue weighted by molar-refractivity contribution is 0.141. The molecule has 2 N–H and O–H groups in total. The fourth-order valence-electron chi connectivity index (χ4n) is 3.37. The number of carbonyl (C=O) groups excluding carboxylic acids is 2. The van der Waals surface area contributed by atoms with Gasteiger partial charge in [-0.1, -0.05) is 60.7 Å². The van der Waals surface area contributed by atoms with Gasteiger partial charge in [-0.2, -0.15) is 0 Å². The zero-order valence-electron chi connectivity index (χ0n) is 20.2. The third-order valence-electron chi connectivity index (χ3n) is 5.22. The third-order valence-corrected chi connectivity index (χ3v) is 5.22. The molecule has 2 amide bonds. The van der Waals surface area contributed by atoms with Crippen LogP contribution in [0.2, 0.25) is 0 Å². The molecule has 0 spiro atoms. The number of amides is 2. The van der Waals surface area contributed by atoms with E-state index < -0.39 is 12.2 Å². The minimum absolute atomic E-state index is 0. The van der Waals surface area contributed by atoms with Crippen LogP contribution in [0.4, 0.5) is 15.3 Å². The molecule has 0 saturated carbocycles. The molecule has 37 heavy (non-hydrogen) atoms. The summed E-state index contributed by atoms with van der Waals surface area (Å²) in [5, 5.41) is 4.99. The molecule has 11 heteroatoms. The Morgan fingerprint density at radius 2 is 1.35 bits per heavy atom. The highest BCUT2D eigenvalue weighted by Crippen LogP contribution is 2.26. The maximum atomic E-state index is 12.5. The second-order valence-corrected chi connectivity index (χ2v) is 7.77. The first-order valence-corrected chi connectivity index (χ1v) is 10.9. The number of aromatic nitrogens is 2. The van der Waals surface area contributed by atoms with Crippen LogP contribution < -0.4 is 10.6 Å². The largest absolute Gasteiger partial charge is 0.444 e. The monoisotopic (exact) mass is 631 g/mol. The molecule has 0 unspecified atom stereocenters. The maximum absolute atomic E-state index is 12.5. The van der Waals surface area contributed by atoms with Crippen LogP contribution in [0.25, 0.3) is 11.0 Å². The van der Waals surface area contributed by atoms with Crippen LogP contribution in [0, 0.1) is 6.92 Å². The molecule has 3 aromatic carbocycles. The van der Waals surface area contributed by atoms with Crippen molar-refractivity contribution in [1.29, 1.82) is 0 Å². The Hall–Kier alpha value is -3.70. The van der Waals surface area contributed by atoms with Crippen LogP contribution in [0.5, 0.6) is 0 Å². The lowest BCUT2D eigenvalue weighted by Gasteiger charge is -2.12. The molecule has 9 nitrogen and oxygen atoms in total. The molecule has 194 valence electrons. The molecule has 0 aliphatic rings. The summed E-state index contributed by atoms with van der Waals surface area (Å²) in [5.41, 5.74) is 4.68. The molecular weight excluding hydrogens is 606 g/mol. The number of benzene rings is 3. The number of imidazole rings is 1. The first-order valence-electron chi connectivity index (χ1n) is 10.9. The van der Waals surface area contributed by atoms with Gasteiger partial charge in [0.25, 0.3) is 0 Å². The smallest absolute Gasteiger partial charge is 0.414 e. The average Bonchev–Trinajstić information content (AvgIpc) is 3.25. The number of nitrogens with zero attached hydrogens (tertiary/aromatic N) is 3. The second-order valence-electron chi connectivity index (χ2n) is 7.77. The first-order chi connectivity index (χ1) is 17.0.